The Hall–Kier alpha value is -1.66. The lowest BCUT2D eigenvalue weighted by atomic mass is 10.1. The molecule has 0 amide bonds. The van der Waals surface area contributed by atoms with E-state index in [1.807, 2.05) is 0 Å². The zero-order valence-electron chi connectivity index (χ0n) is 16.0. The molecule has 0 bridgehead atoms. The van der Waals surface area contributed by atoms with E-state index in [1.54, 1.807) is 6.07 Å². The van der Waals surface area contributed by atoms with Crippen LogP contribution in [-0.4, -0.2) is 17.5 Å². The lowest BCUT2D eigenvalue weighted by molar-refractivity contribution is -0.671. The van der Waals surface area contributed by atoms with E-state index in [4.69, 9.17) is 0 Å². The molecule has 1 aromatic carbocycles. The first-order chi connectivity index (χ1) is 12.4. The quantitative estimate of drug-likeness (QED) is 0.355. The maximum absolute atomic E-state index is 10.3. The summed E-state index contributed by atoms with van der Waals surface area (Å²) in [5.74, 6) is 0. The van der Waals surface area contributed by atoms with Gasteiger partial charge in [0, 0.05) is 0 Å². The highest BCUT2D eigenvalue weighted by atomic mass is 32.2. The Morgan fingerprint density at radius 2 is 1.54 bits per heavy atom. The molecule has 0 unspecified atom stereocenters. The maximum Gasteiger partial charge on any atom is 0.243 e. The third-order valence-corrected chi connectivity index (χ3v) is 4.97. The summed E-state index contributed by atoms with van der Waals surface area (Å²) in [7, 11) is -2.18. The fourth-order valence-electron chi connectivity index (χ4n) is 2.65. The topological polar surface area (TPSA) is 66.0 Å². The monoisotopic (exact) mass is 380 g/mol. The molecule has 1 aromatic heterocycles. The number of rotatable bonds is 10. The summed E-state index contributed by atoms with van der Waals surface area (Å²) in [6, 6.07) is 7.19. The number of benzene rings is 1. The van der Waals surface area contributed by atoms with Crippen molar-refractivity contribution < 1.29 is 17.5 Å². The lowest BCUT2D eigenvalue weighted by Crippen LogP contribution is -2.23. The van der Waals surface area contributed by atoms with E-state index in [0.717, 1.165) is 0 Å². The zero-order chi connectivity index (χ0) is 19.3. The third kappa shape index (κ3) is 10.4. The summed E-state index contributed by atoms with van der Waals surface area (Å²) in [4.78, 5) is -0.185. The molecule has 1 heterocycles. The minimum atomic E-state index is -4.25. The van der Waals surface area contributed by atoms with Crippen LogP contribution < -0.4 is 4.57 Å². The first-order valence-corrected chi connectivity index (χ1v) is 10.9. The van der Waals surface area contributed by atoms with Crippen molar-refractivity contribution in [3.63, 3.8) is 0 Å². The number of hydrogen-bond donors (Lipinski definition) is 0. The van der Waals surface area contributed by atoms with Crippen molar-refractivity contribution in [1.29, 1.82) is 0 Å². The van der Waals surface area contributed by atoms with Crippen molar-refractivity contribution in [2.45, 2.75) is 69.7 Å². The molecule has 0 atom stereocenters. The Morgan fingerprint density at radius 1 is 0.962 bits per heavy atom. The molecule has 0 aliphatic carbocycles. The molecule has 0 spiro atoms. The fraction of sp³-hybridized carbons (Fsp3) is 0.550. The van der Waals surface area contributed by atoms with Crippen LogP contribution in [-0.2, 0) is 23.7 Å². The summed E-state index contributed by atoms with van der Waals surface area (Å²) in [6.45, 7) is 3.45. The van der Waals surface area contributed by atoms with Crippen molar-refractivity contribution in [3.05, 3.63) is 49.1 Å². The van der Waals surface area contributed by atoms with Gasteiger partial charge in [-0.1, -0.05) is 63.6 Å². The van der Waals surface area contributed by atoms with Gasteiger partial charge in [-0.25, -0.2) is 17.6 Å². The van der Waals surface area contributed by atoms with E-state index in [1.165, 1.54) is 82.2 Å². The highest BCUT2D eigenvalue weighted by Crippen LogP contribution is 2.09. The van der Waals surface area contributed by atoms with Gasteiger partial charge in [0.15, 0.2) is 0 Å². The molecule has 0 aliphatic rings. The second-order valence-corrected chi connectivity index (χ2v) is 7.94. The summed E-state index contributed by atoms with van der Waals surface area (Å²) in [5, 5.41) is 0. The van der Waals surface area contributed by atoms with Gasteiger partial charge in [0.1, 0.15) is 22.5 Å². The molecule has 0 saturated carbocycles. The molecule has 26 heavy (non-hydrogen) atoms. The van der Waals surface area contributed by atoms with Crippen molar-refractivity contribution in [1.82, 2.24) is 4.57 Å². The number of aromatic nitrogens is 2. The molecule has 0 saturated heterocycles. The fourth-order valence-corrected chi connectivity index (χ4v) is 3.14. The molecule has 0 radical (unpaired) electrons. The van der Waals surface area contributed by atoms with Gasteiger partial charge in [-0.05, 0) is 25.0 Å². The number of imidazole rings is 1. The molecule has 0 fully saturated rings. The normalized spacial score (nSPS) is 11.0. The molecule has 2 rings (SSSR count). The summed E-state index contributed by atoms with van der Waals surface area (Å²) in [5.41, 5.74) is 0. The molecule has 2 aromatic rings. The van der Waals surface area contributed by atoms with Crippen LogP contribution in [0.2, 0.25) is 0 Å². The Labute approximate surface area is 158 Å². The van der Waals surface area contributed by atoms with Gasteiger partial charge in [0.05, 0.1) is 18.5 Å². The van der Waals surface area contributed by atoms with E-state index < -0.39 is 10.1 Å². The maximum atomic E-state index is 10.3. The van der Waals surface area contributed by atoms with E-state index in [9.17, 15) is 13.0 Å². The van der Waals surface area contributed by atoms with Gasteiger partial charge in [0.25, 0.3) is 0 Å². The molecule has 5 nitrogen and oxygen atoms in total. The number of hydrogen-bond acceptors (Lipinski definition) is 3. The lowest BCUT2D eigenvalue weighted by Gasteiger charge is -2.04. The minimum Gasteiger partial charge on any atom is -0.744 e. The van der Waals surface area contributed by atoms with E-state index in [0.29, 0.717) is 0 Å². The largest absolute Gasteiger partial charge is 0.744 e. The van der Waals surface area contributed by atoms with Crippen LogP contribution >= 0.6 is 0 Å². The molecule has 146 valence electrons. The highest BCUT2D eigenvalue weighted by molar-refractivity contribution is 7.85. The van der Waals surface area contributed by atoms with Crippen molar-refractivity contribution in [2.24, 2.45) is 7.05 Å². The first-order valence-electron chi connectivity index (χ1n) is 9.45. The predicted octanol–water partition coefficient (Wildman–Crippen LogP) is 4.04. The van der Waals surface area contributed by atoms with Gasteiger partial charge < -0.3 is 4.55 Å². The summed E-state index contributed by atoms with van der Waals surface area (Å²) < 4.78 is 35.2. The Kier molecular flexibility index (Phi) is 10.9. The van der Waals surface area contributed by atoms with Gasteiger partial charge >= 0.3 is 0 Å². The average Bonchev–Trinajstić information content (AvgIpc) is 3.03. The zero-order valence-corrected chi connectivity index (χ0v) is 16.8. The molecule has 6 heteroatoms. The van der Waals surface area contributed by atoms with Crippen LogP contribution in [0.4, 0.5) is 0 Å². The van der Waals surface area contributed by atoms with E-state index in [2.05, 4.69) is 41.8 Å². The molecular formula is C20H32N2O3S. The van der Waals surface area contributed by atoms with Crippen molar-refractivity contribution >= 4 is 10.1 Å². The second-order valence-electron chi connectivity index (χ2n) is 6.56. The van der Waals surface area contributed by atoms with Gasteiger partial charge in [-0.15, -0.1) is 0 Å². The molecule has 0 N–H and O–H groups in total. The van der Waals surface area contributed by atoms with Gasteiger partial charge in [-0.2, -0.15) is 0 Å². The smallest absolute Gasteiger partial charge is 0.243 e. The van der Waals surface area contributed by atoms with Crippen LogP contribution in [0.3, 0.4) is 0 Å². The first kappa shape index (κ1) is 22.4. The predicted molar refractivity (Wildman–Crippen MR) is 103 cm³/mol. The summed E-state index contributed by atoms with van der Waals surface area (Å²) in [6.07, 6.45) is 17.6. The average molecular weight is 381 g/mol. The van der Waals surface area contributed by atoms with Crippen LogP contribution in [0.15, 0.2) is 53.9 Å². The van der Waals surface area contributed by atoms with Crippen LogP contribution in [0.25, 0.3) is 0 Å². The van der Waals surface area contributed by atoms with E-state index in [-0.39, 0.29) is 4.90 Å². The highest BCUT2D eigenvalue weighted by Gasteiger charge is 1.99. The van der Waals surface area contributed by atoms with E-state index >= 15 is 0 Å². The van der Waals surface area contributed by atoms with Gasteiger partial charge in [-0.3, -0.25) is 0 Å². The number of nitrogens with zero attached hydrogens (tertiary/aromatic N) is 2. The second kappa shape index (κ2) is 12.7. The van der Waals surface area contributed by atoms with Crippen molar-refractivity contribution in [2.75, 3.05) is 0 Å². The Morgan fingerprint density at radius 3 is 2.00 bits per heavy atom. The number of unbranched alkanes of at least 4 members (excludes halogenated alkanes) is 7. The Bertz CT molecular complexity index is 697. The SMILES string of the molecule is CCCCCCCCCCn1cc[n+](C)c1.O=S(=O)([O-])c1ccccc1. The van der Waals surface area contributed by atoms with Crippen molar-refractivity contribution in [3.8, 4) is 0 Å². The minimum absolute atomic E-state index is 0.185. The Balaban J connectivity index is 0.000000289. The molecule has 0 aliphatic heterocycles. The van der Waals surface area contributed by atoms with Crippen LogP contribution in [0, 0.1) is 0 Å². The molecular weight excluding hydrogens is 348 g/mol. The summed E-state index contributed by atoms with van der Waals surface area (Å²) >= 11 is 0. The number of aryl methyl sites for hydroxylation is 2. The standard InChI is InChI=1S/C14H27N2.C6H6O3S/c1-3-4-5-6-7-8-9-10-11-16-13-12-15(2)14-16;7-10(8,9)6-4-2-1-3-5-6/h12-14H,3-11H2,1-2H3;1-5H,(H,7,8,9)/q+1;/p-1. The van der Waals surface area contributed by atoms with Gasteiger partial charge in [0.2, 0.25) is 6.33 Å². The van der Waals surface area contributed by atoms with Crippen LogP contribution in [0.1, 0.15) is 58.3 Å². The third-order valence-electron chi connectivity index (χ3n) is 4.13. The van der Waals surface area contributed by atoms with Crippen LogP contribution in [0.5, 0.6) is 0 Å².